The van der Waals surface area contributed by atoms with Gasteiger partial charge in [-0.15, -0.1) is 0 Å². The molecule has 2 heterocycles. The molecule has 1 saturated heterocycles. The highest BCUT2D eigenvalue weighted by atomic mass is 16.4. The third kappa shape index (κ3) is 3.44. The number of ketones is 2. The fourth-order valence-corrected chi connectivity index (χ4v) is 6.62. The molecule has 6 rings (SSSR count). The fourth-order valence-electron chi connectivity index (χ4n) is 6.62. The number of phenolic OH excluding ortho intramolecular Hbond substituents is 1. The Morgan fingerprint density at radius 2 is 1.82 bits per heavy atom. The van der Waals surface area contributed by atoms with E-state index in [-0.39, 0.29) is 36.1 Å². The van der Waals surface area contributed by atoms with Crippen molar-refractivity contribution in [1.82, 2.24) is 4.90 Å². The summed E-state index contributed by atoms with van der Waals surface area (Å²) in [7, 11) is 0. The third-order valence-corrected chi connectivity index (χ3v) is 8.45. The standard InChI is InChI=1S/C28H28N2O8/c29-27(36)23-19(32)11-14-9-13-10-17-16(20-6-3-15(38-20)12-30-7-1-2-8-30)4-5-18(31)22(17)24(33)21(13)25(34)28(14,37)26(23)35/h3-6,13-14,31,33,35,37H,1-2,7-12H2,(H2,29,36). The summed E-state index contributed by atoms with van der Waals surface area (Å²) >= 11 is 0. The maximum absolute atomic E-state index is 13.6. The lowest BCUT2D eigenvalue weighted by atomic mass is 9.59. The number of primary amides is 1. The summed E-state index contributed by atoms with van der Waals surface area (Å²) in [5.41, 5.74) is 2.97. The van der Waals surface area contributed by atoms with Crippen LogP contribution < -0.4 is 5.73 Å². The van der Waals surface area contributed by atoms with Gasteiger partial charge < -0.3 is 30.6 Å². The number of carbonyl (C=O) groups is 3. The maximum atomic E-state index is 13.6. The van der Waals surface area contributed by atoms with Crippen molar-refractivity contribution in [3.63, 3.8) is 0 Å². The van der Waals surface area contributed by atoms with Crippen LogP contribution in [0.4, 0.5) is 0 Å². The second-order valence-electron chi connectivity index (χ2n) is 10.6. The van der Waals surface area contributed by atoms with Crippen molar-refractivity contribution in [1.29, 1.82) is 0 Å². The minimum absolute atomic E-state index is 0.0483. The van der Waals surface area contributed by atoms with Gasteiger partial charge in [0, 0.05) is 23.5 Å². The molecule has 1 aromatic carbocycles. The smallest absolute Gasteiger partial charge is 0.255 e. The molecular weight excluding hydrogens is 492 g/mol. The Kier molecular flexibility index (Phi) is 5.51. The van der Waals surface area contributed by atoms with Crippen molar-refractivity contribution >= 4 is 23.2 Å². The normalized spacial score (nSPS) is 27.4. The number of hydrogen-bond donors (Lipinski definition) is 5. The van der Waals surface area contributed by atoms with Crippen molar-refractivity contribution < 1.29 is 39.2 Å². The maximum Gasteiger partial charge on any atom is 0.255 e. The first kappa shape index (κ1) is 24.4. The second kappa shape index (κ2) is 8.57. The molecule has 6 N–H and O–H groups in total. The lowest BCUT2D eigenvalue weighted by Crippen LogP contribution is -2.58. The number of amides is 1. The molecule has 1 aliphatic heterocycles. The minimum Gasteiger partial charge on any atom is -0.508 e. The highest BCUT2D eigenvalue weighted by Crippen LogP contribution is 2.53. The van der Waals surface area contributed by atoms with E-state index in [1.807, 2.05) is 12.1 Å². The summed E-state index contributed by atoms with van der Waals surface area (Å²) in [5.74, 6) is -5.11. The van der Waals surface area contributed by atoms with Gasteiger partial charge >= 0.3 is 0 Å². The number of fused-ring (bicyclic) bond motifs is 3. The molecule has 3 aliphatic carbocycles. The summed E-state index contributed by atoms with van der Waals surface area (Å²) in [4.78, 5) is 40.2. The molecule has 3 atom stereocenters. The molecule has 198 valence electrons. The van der Waals surface area contributed by atoms with Crippen molar-refractivity contribution in [3.8, 4) is 17.1 Å². The number of rotatable bonds is 4. The predicted octanol–water partition coefficient (Wildman–Crippen LogP) is 2.28. The molecule has 0 spiro atoms. The van der Waals surface area contributed by atoms with E-state index in [9.17, 15) is 34.8 Å². The number of carbonyl (C=O) groups excluding carboxylic acids is 3. The van der Waals surface area contributed by atoms with E-state index in [4.69, 9.17) is 10.2 Å². The number of phenols is 1. The van der Waals surface area contributed by atoms with Gasteiger partial charge in [-0.1, -0.05) is 0 Å². The topological polar surface area (TPSA) is 175 Å². The predicted molar refractivity (Wildman–Crippen MR) is 134 cm³/mol. The fraction of sp³-hybridized carbons (Fsp3) is 0.393. The Hall–Kier alpha value is -3.89. The molecule has 1 aromatic heterocycles. The Morgan fingerprint density at radius 1 is 1.08 bits per heavy atom. The number of Topliss-reactive ketones (excluding diaryl/α,β-unsaturated/α-hetero) is 2. The van der Waals surface area contributed by atoms with Gasteiger partial charge in [0.2, 0.25) is 5.78 Å². The average molecular weight is 521 g/mol. The molecule has 10 nitrogen and oxygen atoms in total. The highest BCUT2D eigenvalue weighted by molar-refractivity contribution is 6.22. The number of nitrogens with zero attached hydrogens (tertiary/aromatic N) is 1. The van der Waals surface area contributed by atoms with Crippen LogP contribution in [0.15, 0.2) is 45.6 Å². The van der Waals surface area contributed by atoms with Gasteiger partial charge in [-0.3, -0.25) is 19.3 Å². The zero-order valence-corrected chi connectivity index (χ0v) is 20.6. The summed E-state index contributed by atoms with van der Waals surface area (Å²) in [6.45, 7) is 2.72. The molecule has 0 radical (unpaired) electrons. The lowest BCUT2D eigenvalue weighted by Gasteiger charge is -2.46. The third-order valence-electron chi connectivity index (χ3n) is 8.45. The van der Waals surface area contributed by atoms with E-state index in [0.29, 0.717) is 23.4 Å². The number of aliphatic hydroxyl groups excluding tert-OH is 2. The van der Waals surface area contributed by atoms with Crippen molar-refractivity contribution in [2.75, 3.05) is 13.1 Å². The number of hydrogen-bond acceptors (Lipinski definition) is 9. The first-order chi connectivity index (χ1) is 18.1. The Labute approximate surface area is 217 Å². The SMILES string of the molecule is NC(=O)C1=C(O)C2(O)C(=O)C3=C(O)c4c(O)ccc(-c5ccc(CN6CCCC6)o5)c4CC3CC2CC1=O. The molecule has 1 amide bonds. The van der Waals surface area contributed by atoms with Crippen LogP contribution in [0.2, 0.25) is 0 Å². The zero-order valence-electron chi connectivity index (χ0n) is 20.6. The largest absolute Gasteiger partial charge is 0.508 e. The minimum atomic E-state index is -2.58. The van der Waals surface area contributed by atoms with Gasteiger partial charge in [-0.25, -0.2) is 0 Å². The van der Waals surface area contributed by atoms with Crippen LogP contribution in [-0.2, 0) is 27.3 Å². The summed E-state index contributed by atoms with van der Waals surface area (Å²) in [6.07, 6.45) is 2.27. The number of aromatic hydroxyl groups is 1. The zero-order chi connectivity index (χ0) is 26.9. The van der Waals surface area contributed by atoms with E-state index < -0.39 is 52.0 Å². The van der Waals surface area contributed by atoms with Crippen LogP contribution >= 0.6 is 0 Å². The van der Waals surface area contributed by atoms with Gasteiger partial charge in [-0.2, -0.15) is 0 Å². The summed E-state index contributed by atoms with van der Waals surface area (Å²) < 4.78 is 6.14. The number of aliphatic hydroxyl groups is 3. The molecule has 0 bridgehead atoms. The van der Waals surface area contributed by atoms with Crippen LogP contribution in [0.1, 0.15) is 42.6 Å². The van der Waals surface area contributed by atoms with E-state index in [1.165, 1.54) is 6.07 Å². The van der Waals surface area contributed by atoms with Crippen molar-refractivity contribution in [2.45, 2.75) is 44.2 Å². The van der Waals surface area contributed by atoms with Crippen LogP contribution in [0, 0.1) is 11.8 Å². The summed E-state index contributed by atoms with van der Waals surface area (Å²) in [5, 5.41) is 44.0. The molecule has 2 aromatic rings. The Morgan fingerprint density at radius 3 is 2.53 bits per heavy atom. The van der Waals surface area contributed by atoms with Gasteiger partial charge in [0.25, 0.3) is 5.91 Å². The monoisotopic (exact) mass is 520 g/mol. The van der Waals surface area contributed by atoms with Crippen LogP contribution in [0.25, 0.3) is 17.1 Å². The van der Waals surface area contributed by atoms with Crippen molar-refractivity contribution in [3.05, 3.63) is 58.1 Å². The number of likely N-dealkylation sites (tertiary alicyclic amines) is 1. The molecule has 38 heavy (non-hydrogen) atoms. The first-order valence-corrected chi connectivity index (χ1v) is 12.7. The highest BCUT2D eigenvalue weighted by Gasteiger charge is 2.60. The molecule has 2 fully saturated rings. The Bertz CT molecular complexity index is 1460. The average Bonchev–Trinajstić information content (AvgIpc) is 3.54. The van der Waals surface area contributed by atoms with Gasteiger partial charge in [-0.05, 0) is 74.5 Å². The van der Waals surface area contributed by atoms with Gasteiger partial charge in [0.05, 0.1) is 12.1 Å². The van der Waals surface area contributed by atoms with Crippen LogP contribution in [0.3, 0.4) is 0 Å². The quantitative estimate of drug-likeness (QED) is 0.379. The number of benzene rings is 1. The first-order valence-electron chi connectivity index (χ1n) is 12.7. The van der Waals surface area contributed by atoms with Crippen molar-refractivity contribution in [2.24, 2.45) is 17.6 Å². The molecule has 1 saturated carbocycles. The van der Waals surface area contributed by atoms with Crippen LogP contribution in [0.5, 0.6) is 5.75 Å². The molecule has 4 aliphatic rings. The van der Waals surface area contributed by atoms with E-state index in [0.717, 1.165) is 31.7 Å². The number of furan rings is 1. The number of nitrogens with two attached hydrogens (primary N) is 1. The van der Waals surface area contributed by atoms with E-state index in [1.54, 1.807) is 6.07 Å². The lowest BCUT2D eigenvalue weighted by molar-refractivity contribution is -0.147. The van der Waals surface area contributed by atoms with Gasteiger partial charge in [0.15, 0.2) is 11.4 Å². The summed E-state index contributed by atoms with van der Waals surface area (Å²) in [6, 6.07) is 6.84. The molecular formula is C28H28N2O8. The van der Waals surface area contributed by atoms with E-state index in [2.05, 4.69) is 4.90 Å². The second-order valence-corrected chi connectivity index (χ2v) is 10.6. The van der Waals surface area contributed by atoms with Crippen LogP contribution in [-0.4, -0.2) is 61.5 Å². The molecule has 10 heteroatoms. The van der Waals surface area contributed by atoms with Gasteiger partial charge in [0.1, 0.15) is 34.4 Å². The van der Waals surface area contributed by atoms with E-state index >= 15 is 0 Å². The Balaban J connectivity index is 1.43. The molecule has 3 unspecified atom stereocenters.